The van der Waals surface area contributed by atoms with E-state index in [0.717, 1.165) is 0 Å². The molecule has 0 N–H and O–H groups in total. The van der Waals surface area contributed by atoms with Gasteiger partial charge in [-0.25, -0.2) is 0 Å². The number of benzene rings is 5. The summed E-state index contributed by atoms with van der Waals surface area (Å²) in [7, 11) is 0. The summed E-state index contributed by atoms with van der Waals surface area (Å²) in [5.74, 6) is 0. The summed E-state index contributed by atoms with van der Waals surface area (Å²) in [6.45, 7) is 6.38. The van der Waals surface area contributed by atoms with Crippen LogP contribution in [0.4, 0.5) is 0 Å². The lowest BCUT2D eigenvalue weighted by atomic mass is 9.93. The highest BCUT2D eigenvalue weighted by molar-refractivity contribution is 5.84. The minimum absolute atomic E-state index is 1.19. The maximum atomic E-state index is 2.30. The first kappa shape index (κ1) is 22.6. The maximum absolute atomic E-state index is 2.30. The van der Waals surface area contributed by atoms with Crippen LogP contribution in [-0.2, 0) is 0 Å². The van der Waals surface area contributed by atoms with Gasteiger partial charge in [0.2, 0.25) is 0 Å². The van der Waals surface area contributed by atoms with E-state index in [-0.39, 0.29) is 0 Å². The first-order chi connectivity index (χ1) is 17.0. The first-order valence-corrected chi connectivity index (χ1v) is 12.2. The smallest absolute Gasteiger partial charge is 0.0111 e. The zero-order chi connectivity index (χ0) is 24.2. The molecule has 0 radical (unpaired) electrons. The Morgan fingerprint density at radius 1 is 0.371 bits per heavy atom. The molecule has 0 saturated heterocycles. The van der Waals surface area contributed by atoms with E-state index < -0.39 is 0 Å². The fraction of sp³-hybridized carbons (Fsp3) is 0.0857. The van der Waals surface area contributed by atoms with Crippen LogP contribution >= 0.6 is 0 Å². The van der Waals surface area contributed by atoms with E-state index in [1.807, 2.05) is 0 Å². The predicted octanol–water partition coefficient (Wildman–Crippen LogP) is 9.78. The average molecular weight is 451 g/mol. The first-order valence-electron chi connectivity index (χ1n) is 12.2. The van der Waals surface area contributed by atoms with Crippen LogP contribution in [0.3, 0.4) is 0 Å². The van der Waals surface area contributed by atoms with Crippen molar-refractivity contribution in [1.29, 1.82) is 0 Å². The molecule has 170 valence electrons. The molecular formula is C35H30. The van der Waals surface area contributed by atoms with Crippen LogP contribution in [0.5, 0.6) is 0 Å². The summed E-state index contributed by atoms with van der Waals surface area (Å²) in [6.07, 6.45) is 4.46. The zero-order valence-corrected chi connectivity index (χ0v) is 20.6. The average Bonchev–Trinajstić information content (AvgIpc) is 2.89. The molecule has 0 bridgehead atoms. The van der Waals surface area contributed by atoms with Gasteiger partial charge in [-0.15, -0.1) is 0 Å². The number of hydrogen-bond acceptors (Lipinski definition) is 0. The molecule has 0 unspecified atom stereocenters. The van der Waals surface area contributed by atoms with E-state index >= 15 is 0 Å². The Labute approximate surface area is 209 Å². The molecular weight excluding hydrogens is 420 g/mol. The Bertz CT molecular complexity index is 1450. The molecule has 0 amide bonds. The third-order valence-corrected chi connectivity index (χ3v) is 6.55. The van der Waals surface area contributed by atoms with Crippen molar-refractivity contribution in [2.75, 3.05) is 0 Å². The van der Waals surface area contributed by atoms with Crippen molar-refractivity contribution in [2.24, 2.45) is 0 Å². The minimum Gasteiger partial charge on any atom is -0.0587 e. The van der Waals surface area contributed by atoms with Gasteiger partial charge in [0.05, 0.1) is 0 Å². The molecule has 5 aromatic rings. The van der Waals surface area contributed by atoms with Crippen LogP contribution in [0.2, 0.25) is 0 Å². The summed E-state index contributed by atoms with van der Waals surface area (Å²) in [6, 6.07) is 41.8. The number of hydrogen-bond donors (Lipinski definition) is 0. The summed E-state index contributed by atoms with van der Waals surface area (Å²) < 4.78 is 0. The van der Waals surface area contributed by atoms with Crippen molar-refractivity contribution in [3.63, 3.8) is 0 Å². The molecule has 0 heteroatoms. The van der Waals surface area contributed by atoms with Gasteiger partial charge in [-0.05, 0) is 71.3 Å². The Kier molecular flexibility index (Phi) is 6.46. The molecule has 0 saturated carbocycles. The maximum Gasteiger partial charge on any atom is -0.0111 e. The molecule has 0 aliphatic heterocycles. The molecule has 0 nitrogen and oxygen atoms in total. The summed E-state index contributed by atoms with van der Waals surface area (Å²) >= 11 is 0. The standard InChI is InChI=1S/C35H30/c1-25-4-13-29(14-5-25)30-19-10-28(11-20-30)12-21-34-24-33(31-15-6-26(2)7-16-31)22-23-35(34)32-17-8-27(3)9-18-32/h4-24H,1-3H3/b21-12+. The van der Waals surface area contributed by atoms with Gasteiger partial charge in [0.25, 0.3) is 0 Å². The van der Waals surface area contributed by atoms with Crippen LogP contribution < -0.4 is 0 Å². The zero-order valence-electron chi connectivity index (χ0n) is 20.6. The van der Waals surface area contributed by atoms with Crippen LogP contribution in [0, 0.1) is 20.8 Å². The minimum atomic E-state index is 1.19. The third kappa shape index (κ3) is 5.34. The van der Waals surface area contributed by atoms with E-state index in [0.29, 0.717) is 0 Å². The molecule has 5 aromatic carbocycles. The van der Waals surface area contributed by atoms with Gasteiger partial charge in [-0.2, -0.15) is 0 Å². The fourth-order valence-corrected chi connectivity index (χ4v) is 4.34. The summed E-state index contributed by atoms with van der Waals surface area (Å²) in [5.41, 5.74) is 13.7. The van der Waals surface area contributed by atoms with Gasteiger partial charge in [0, 0.05) is 0 Å². The molecule has 0 heterocycles. The lowest BCUT2D eigenvalue weighted by Crippen LogP contribution is -1.87. The van der Waals surface area contributed by atoms with Gasteiger partial charge >= 0.3 is 0 Å². The molecule has 0 aliphatic carbocycles. The lowest BCUT2D eigenvalue weighted by Gasteiger charge is -2.11. The lowest BCUT2D eigenvalue weighted by molar-refractivity contribution is 1.46. The number of aryl methyl sites for hydroxylation is 3. The second-order valence-corrected chi connectivity index (χ2v) is 9.36. The Balaban J connectivity index is 1.49. The van der Waals surface area contributed by atoms with Crippen molar-refractivity contribution in [3.8, 4) is 33.4 Å². The molecule has 0 aliphatic rings. The highest BCUT2D eigenvalue weighted by atomic mass is 14.1. The van der Waals surface area contributed by atoms with Crippen molar-refractivity contribution >= 4 is 12.2 Å². The van der Waals surface area contributed by atoms with Crippen molar-refractivity contribution in [1.82, 2.24) is 0 Å². The normalized spacial score (nSPS) is 11.2. The Morgan fingerprint density at radius 2 is 0.771 bits per heavy atom. The Hall–Kier alpha value is -4.16. The van der Waals surface area contributed by atoms with Crippen molar-refractivity contribution < 1.29 is 0 Å². The second kappa shape index (κ2) is 9.99. The fourth-order valence-electron chi connectivity index (χ4n) is 4.34. The quantitative estimate of drug-likeness (QED) is 0.234. The van der Waals surface area contributed by atoms with E-state index in [2.05, 4.69) is 148 Å². The summed E-state index contributed by atoms with van der Waals surface area (Å²) in [5, 5.41) is 0. The van der Waals surface area contributed by atoms with Gasteiger partial charge in [-0.3, -0.25) is 0 Å². The summed E-state index contributed by atoms with van der Waals surface area (Å²) in [4.78, 5) is 0. The molecule has 5 rings (SSSR count). The Morgan fingerprint density at radius 3 is 1.29 bits per heavy atom. The third-order valence-electron chi connectivity index (χ3n) is 6.55. The van der Waals surface area contributed by atoms with Gasteiger partial charge in [0.1, 0.15) is 0 Å². The topological polar surface area (TPSA) is 0 Å². The van der Waals surface area contributed by atoms with Gasteiger partial charge in [-0.1, -0.05) is 138 Å². The number of rotatable bonds is 5. The van der Waals surface area contributed by atoms with E-state index in [9.17, 15) is 0 Å². The van der Waals surface area contributed by atoms with Crippen LogP contribution in [0.1, 0.15) is 27.8 Å². The van der Waals surface area contributed by atoms with Crippen molar-refractivity contribution in [2.45, 2.75) is 20.8 Å². The van der Waals surface area contributed by atoms with Crippen LogP contribution in [-0.4, -0.2) is 0 Å². The molecule has 0 fully saturated rings. The molecule has 0 aromatic heterocycles. The van der Waals surface area contributed by atoms with E-state index in [1.165, 1.54) is 61.2 Å². The van der Waals surface area contributed by atoms with Gasteiger partial charge in [0.15, 0.2) is 0 Å². The second-order valence-electron chi connectivity index (χ2n) is 9.36. The molecule has 0 spiro atoms. The SMILES string of the molecule is Cc1ccc(-c2ccc(/C=C/c3cc(-c4ccc(C)cc4)ccc3-c3ccc(C)cc3)cc2)cc1. The van der Waals surface area contributed by atoms with Crippen molar-refractivity contribution in [3.05, 3.63) is 143 Å². The molecule has 35 heavy (non-hydrogen) atoms. The highest BCUT2D eigenvalue weighted by Gasteiger charge is 2.07. The van der Waals surface area contributed by atoms with Crippen LogP contribution in [0.15, 0.2) is 115 Å². The van der Waals surface area contributed by atoms with E-state index in [1.54, 1.807) is 0 Å². The van der Waals surface area contributed by atoms with E-state index in [4.69, 9.17) is 0 Å². The highest BCUT2D eigenvalue weighted by Crippen LogP contribution is 2.31. The van der Waals surface area contributed by atoms with Gasteiger partial charge < -0.3 is 0 Å². The molecule has 0 atom stereocenters. The predicted molar refractivity (Wildman–Crippen MR) is 152 cm³/mol. The van der Waals surface area contributed by atoms with Crippen LogP contribution in [0.25, 0.3) is 45.5 Å². The largest absolute Gasteiger partial charge is 0.0587 e. The monoisotopic (exact) mass is 450 g/mol.